The lowest BCUT2D eigenvalue weighted by molar-refractivity contribution is -0.134. The third kappa shape index (κ3) is 4.90. The molecule has 1 fully saturated rings. The van der Waals surface area contributed by atoms with Crippen molar-refractivity contribution in [2.45, 2.75) is 48.2 Å². The molecule has 172 valence electrons. The van der Waals surface area contributed by atoms with E-state index >= 15 is 0 Å². The minimum atomic E-state index is -4.05. The number of rotatable bonds is 9. The molecule has 1 aliphatic carbocycles. The second kappa shape index (κ2) is 10.3. The summed E-state index contributed by atoms with van der Waals surface area (Å²) in [5.74, 6) is -1.05. The van der Waals surface area contributed by atoms with Crippen LogP contribution in [-0.2, 0) is 35.4 Å². The summed E-state index contributed by atoms with van der Waals surface area (Å²) in [4.78, 5) is 35.4. The van der Waals surface area contributed by atoms with E-state index in [-0.39, 0.29) is 42.7 Å². The van der Waals surface area contributed by atoms with Crippen LogP contribution < -0.4 is 5.48 Å². The Morgan fingerprint density at radius 1 is 1.19 bits per heavy atom. The molecule has 1 saturated heterocycles. The molecule has 1 heterocycles. The van der Waals surface area contributed by atoms with E-state index in [0.29, 0.717) is 31.3 Å². The average molecular weight is 462 g/mol. The van der Waals surface area contributed by atoms with Crippen molar-refractivity contribution < 1.29 is 32.7 Å². The number of aryl methyl sites for hydroxylation is 1. The van der Waals surface area contributed by atoms with E-state index in [0.717, 1.165) is 11.8 Å². The van der Waals surface area contributed by atoms with Crippen molar-refractivity contribution in [2.24, 2.45) is 5.92 Å². The Bertz CT molecular complexity index is 1020. The second-order valence-corrected chi connectivity index (χ2v) is 10.3. The molecule has 0 saturated carbocycles. The zero-order valence-corrected chi connectivity index (χ0v) is 18.5. The monoisotopic (exact) mass is 461 g/mol. The maximum Gasteiger partial charge on any atom is 0.265 e. The number of hydrogen-bond acceptors (Lipinski definition) is 7. The first kappa shape index (κ1) is 24.0. The predicted octanol–water partition coefficient (Wildman–Crippen LogP) is 2.11. The number of Topliss-reactive ketones (excluding diaryl/α,β-unsaturated/α-hetero) is 1. The Hall–Kier alpha value is -2.62. The molecule has 9 heteroatoms. The van der Waals surface area contributed by atoms with E-state index in [2.05, 4.69) is 0 Å². The lowest BCUT2D eigenvalue weighted by Crippen LogP contribution is -2.54. The predicted molar refractivity (Wildman–Crippen MR) is 116 cm³/mol. The van der Waals surface area contributed by atoms with Gasteiger partial charge in [-0.05, 0) is 49.8 Å². The van der Waals surface area contributed by atoms with E-state index in [1.165, 1.54) is 17.6 Å². The van der Waals surface area contributed by atoms with Crippen LogP contribution in [0.2, 0.25) is 0 Å². The average Bonchev–Trinajstić information content (AvgIpc) is 2.84. The Kier molecular flexibility index (Phi) is 7.76. The van der Waals surface area contributed by atoms with E-state index in [1.54, 1.807) is 30.4 Å². The van der Waals surface area contributed by atoms with Crippen molar-refractivity contribution >= 4 is 27.8 Å². The summed E-state index contributed by atoms with van der Waals surface area (Å²) in [6.45, 7) is 0.225. The molecular weight excluding hydrogens is 434 g/mol. The zero-order chi connectivity index (χ0) is 23.2. The van der Waals surface area contributed by atoms with Gasteiger partial charge in [0.15, 0.2) is 14.6 Å². The van der Waals surface area contributed by atoms with E-state index in [9.17, 15) is 22.8 Å². The highest BCUT2D eigenvalue weighted by Crippen LogP contribution is 2.35. The molecule has 1 aromatic carbocycles. The van der Waals surface area contributed by atoms with Gasteiger partial charge in [-0.25, -0.2) is 13.9 Å². The van der Waals surface area contributed by atoms with Crippen LogP contribution in [0.4, 0.5) is 0 Å². The molecule has 0 spiro atoms. The van der Waals surface area contributed by atoms with Gasteiger partial charge >= 0.3 is 0 Å². The lowest BCUT2D eigenvalue weighted by atomic mass is 9.90. The maximum atomic E-state index is 13.2. The van der Waals surface area contributed by atoms with Gasteiger partial charge in [0, 0.05) is 31.1 Å². The standard InChI is InChI=1S/C23H27NO7S/c25-16-18-4-8-19(9-5-18)21(26)3-1-2-17-6-10-20(11-7-17)32(29,30)23(22(27)24-28)12-14-31-15-13-23/h4-8,10-11,16,19,28H,1-3,9,12-15H2,(H,24,27). The van der Waals surface area contributed by atoms with Crippen molar-refractivity contribution in [2.75, 3.05) is 13.2 Å². The van der Waals surface area contributed by atoms with Crippen LogP contribution in [0.3, 0.4) is 0 Å². The van der Waals surface area contributed by atoms with Gasteiger partial charge in [0.2, 0.25) is 0 Å². The number of amides is 1. The highest BCUT2D eigenvalue weighted by molar-refractivity contribution is 7.93. The molecule has 2 aliphatic rings. The van der Waals surface area contributed by atoms with Gasteiger partial charge in [-0.3, -0.25) is 19.6 Å². The number of hydroxylamine groups is 1. The number of sulfone groups is 1. The quantitative estimate of drug-likeness (QED) is 0.328. The summed E-state index contributed by atoms with van der Waals surface area (Å²) < 4.78 is 29.9. The molecule has 1 unspecified atom stereocenters. The third-order valence-corrected chi connectivity index (χ3v) is 8.65. The van der Waals surface area contributed by atoms with Crippen molar-refractivity contribution in [1.82, 2.24) is 5.48 Å². The van der Waals surface area contributed by atoms with Crippen LogP contribution in [-0.4, -0.2) is 49.6 Å². The fourth-order valence-electron chi connectivity index (χ4n) is 4.10. The van der Waals surface area contributed by atoms with Gasteiger partial charge in [-0.15, -0.1) is 0 Å². The first-order valence-corrected chi connectivity index (χ1v) is 12.0. The number of carbonyl (C=O) groups excluding carboxylic acids is 3. The Labute approximate surface area is 187 Å². The maximum absolute atomic E-state index is 13.2. The van der Waals surface area contributed by atoms with Crippen molar-refractivity contribution in [3.8, 4) is 0 Å². The topological polar surface area (TPSA) is 127 Å². The van der Waals surface area contributed by atoms with Crippen LogP contribution in [0.15, 0.2) is 53.0 Å². The molecule has 0 radical (unpaired) electrons. The summed E-state index contributed by atoms with van der Waals surface area (Å²) in [6.07, 6.45) is 8.03. The summed E-state index contributed by atoms with van der Waals surface area (Å²) in [7, 11) is -4.05. The van der Waals surface area contributed by atoms with Crippen molar-refractivity contribution in [3.63, 3.8) is 0 Å². The number of carbonyl (C=O) groups is 3. The van der Waals surface area contributed by atoms with Gasteiger partial charge in [0.05, 0.1) is 4.90 Å². The number of ketones is 1. The SMILES string of the molecule is O=CC1=CCC(C(=O)CCCc2ccc(S(=O)(=O)C3(C(=O)NO)CCOCC3)cc2)C=C1. The number of hydrogen-bond donors (Lipinski definition) is 2. The van der Waals surface area contributed by atoms with Gasteiger partial charge in [-0.2, -0.15) is 0 Å². The van der Waals surface area contributed by atoms with Crippen LogP contribution in [0.5, 0.6) is 0 Å². The minimum Gasteiger partial charge on any atom is -0.381 e. The van der Waals surface area contributed by atoms with Gasteiger partial charge in [0.1, 0.15) is 12.1 Å². The number of aldehydes is 1. The Morgan fingerprint density at radius 2 is 1.88 bits per heavy atom. The summed E-state index contributed by atoms with van der Waals surface area (Å²) in [5, 5.41) is 9.11. The number of allylic oxidation sites excluding steroid dienone is 4. The van der Waals surface area contributed by atoms with E-state index in [4.69, 9.17) is 9.94 Å². The summed E-state index contributed by atoms with van der Waals surface area (Å²) in [5.41, 5.74) is 2.97. The van der Waals surface area contributed by atoms with Crippen LogP contribution in [0.1, 0.15) is 37.7 Å². The molecular formula is C23H27NO7S. The third-order valence-electron chi connectivity index (χ3n) is 6.13. The van der Waals surface area contributed by atoms with E-state index < -0.39 is 20.5 Å². The van der Waals surface area contributed by atoms with Gasteiger partial charge < -0.3 is 4.74 Å². The zero-order valence-electron chi connectivity index (χ0n) is 17.7. The number of ether oxygens (including phenoxy) is 1. The van der Waals surface area contributed by atoms with Crippen molar-refractivity contribution in [3.05, 3.63) is 53.6 Å². The van der Waals surface area contributed by atoms with Crippen LogP contribution in [0.25, 0.3) is 0 Å². The van der Waals surface area contributed by atoms with Crippen molar-refractivity contribution in [1.29, 1.82) is 0 Å². The molecule has 1 aromatic rings. The molecule has 8 nitrogen and oxygen atoms in total. The number of nitrogens with one attached hydrogen (secondary N) is 1. The first-order chi connectivity index (χ1) is 15.3. The first-order valence-electron chi connectivity index (χ1n) is 10.6. The molecule has 32 heavy (non-hydrogen) atoms. The normalized spacial score (nSPS) is 20.3. The van der Waals surface area contributed by atoms with Crippen LogP contribution >= 0.6 is 0 Å². The largest absolute Gasteiger partial charge is 0.381 e. The highest BCUT2D eigenvalue weighted by Gasteiger charge is 2.52. The molecule has 1 aliphatic heterocycles. The summed E-state index contributed by atoms with van der Waals surface area (Å²) >= 11 is 0. The second-order valence-electron chi connectivity index (χ2n) is 8.04. The molecule has 2 N–H and O–H groups in total. The molecule has 1 amide bonds. The van der Waals surface area contributed by atoms with Gasteiger partial charge in [0.25, 0.3) is 5.91 Å². The molecule has 3 rings (SSSR count). The Morgan fingerprint density at radius 3 is 2.44 bits per heavy atom. The molecule has 0 aromatic heterocycles. The van der Waals surface area contributed by atoms with E-state index in [1.807, 2.05) is 0 Å². The fourth-order valence-corrected chi connectivity index (χ4v) is 6.04. The fraction of sp³-hybridized carbons (Fsp3) is 0.435. The smallest absolute Gasteiger partial charge is 0.265 e. The molecule has 0 bridgehead atoms. The minimum absolute atomic E-state index is 0.00735. The van der Waals surface area contributed by atoms with Crippen LogP contribution in [0, 0.1) is 5.92 Å². The highest BCUT2D eigenvalue weighted by atomic mass is 32.2. The number of benzene rings is 1. The van der Waals surface area contributed by atoms with Gasteiger partial charge in [-0.1, -0.05) is 30.4 Å². The lowest BCUT2D eigenvalue weighted by Gasteiger charge is -2.34. The summed E-state index contributed by atoms with van der Waals surface area (Å²) in [6, 6.07) is 6.29. The Balaban J connectivity index is 1.61. The molecule has 1 atom stereocenters.